The van der Waals surface area contributed by atoms with Crippen molar-refractivity contribution in [2.24, 2.45) is 0 Å². The number of carbonyl (C=O) groups excluding carboxylic acids is 1. The summed E-state index contributed by atoms with van der Waals surface area (Å²) in [4.78, 5) is 15.6. The van der Waals surface area contributed by atoms with Gasteiger partial charge in [0.15, 0.2) is 0 Å². The fourth-order valence-electron chi connectivity index (χ4n) is 3.69. The van der Waals surface area contributed by atoms with E-state index in [1.54, 1.807) is 12.1 Å². The smallest absolute Gasteiger partial charge is 0.251 e. The molecule has 0 spiro atoms. The predicted molar refractivity (Wildman–Crippen MR) is 99.4 cm³/mol. The third kappa shape index (κ3) is 2.83. The van der Waals surface area contributed by atoms with E-state index in [1.165, 1.54) is 6.07 Å². The van der Waals surface area contributed by atoms with Crippen molar-refractivity contribution in [1.29, 1.82) is 0 Å². The van der Waals surface area contributed by atoms with Crippen LogP contribution in [0.4, 0.5) is 4.39 Å². The Morgan fingerprint density at radius 1 is 1.27 bits per heavy atom. The van der Waals surface area contributed by atoms with Crippen LogP contribution in [0.2, 0.25) is 0 Å². The molecule has 0 atom stereocenters. The van der Waals surface area contributed by atoms with Crippen molar-refractivity contribution in [2.45, 2.75) is 26.7 Å². The maximum absolute atomic E-state index is 14.0. The monoisotopic (exact) mass is 352 g/mol. The molecule has 0 bridgehead atoms. The molecule has 5 heteroatoms. The van der Waals surface area contributed by atoms with Gasteiger partial charge in [0.25, 0.3) is 5.91 Å². The molecule has 3 aromatic rings. The standard InChI is InChI=1S/C21H21FN2O2/c1-12-3-5-17(22)20-19(12)16(13(2)24-20)7-9-23-21(25)15-4-6-18-14(11-15)8-10-26-18/h3-6,11,24H,7-10H2,1-2H3,(H,23,25). The number of benzene rings is 2. The van der Waals surface area contributed by atoms with Crippen LogP contribution in [0.15, 0.2) is 30.3 Å². The Morgan fingerprint density at radius 2 is 2.12 bits per heavy atom. The summed E-state index contributed by atoms with van der Waals surface area (Å²) in [6, 6.07) is 8.81. The molecule has 0 saturated heterocycles. The third-order valence-corrected chi connectivity index (χ3v) is 5.04. The number of fused-ring (bicyclic) bond motifs is 2. The van der Waals surface area contributed by atoms with E-state index in [0.29, 0.717) is 30.7 Å². The molecule has 0 aliphatic carbocycles. The van der Waals surface area contributed by atoms with Gasteiger partial charge in [-0.1, -0.05) is 6.07 Å². The summed E-state index contributed by atoms with van der Waals surface area (Å²) < 4.78 is 19.5. The van der Waals surface area contributed by atoms with Crippen LogP contribution in [-0.4, -0.2) is 24.0 Å². The zero-order valence-electron chi connectivity index (χ0n) is 14.9. The van der Waals surface area contributed by atoms with Gasteiger partial charge in [-0.2, -0.15) is 0 Å². The summed E-state index contributed by atoms with van der Waals surface area (Å²) in [5.74, 6) is 0.526. The molecule has 0 saturated carbocycles. The van der Waals surface area contributed by atoms with E-state index in [1.807, 2.05) is 26.0 Å². The number of rotatable bonds is 4. The number of halogens is 1. The highest BCUT2D eigenvalue weighted by Crippen LogP contribution is 2.28. The van der Waals surface area contributed by atoms with Crippen molar-refractivity contribution in [1.82, 2.24) is 10.3 Å². The Bertz CT molecular complexity index is 1010. The molecule has 0 unspecified atom stereocenters. The van der Waals surface area contributed by atoms with E-state index in [0.717, 1.165) is 39.9 Å². The minimum Gasteiger partial charge on any atom is -0.493 e. The van der Waals surface area contributed by atoms with Crippen molar-refractivity contribution in [3.8, 4) is 5.75 Å². The number of nitrogens with one attached hydrogen (secondary N) is 2. The Balaban J connectivity index is 1.48. The summed E-state index contributed by atoms with van der Waals surface area (Å²) >= 11 is 0. The fraction of sp³-hybridized carbons (Fsp3) is 0.286. The lowest BCUT2D eigenvalue weighted by atomic mass is 10.0. The van der Waals surface area contributed by atoms with Crippen molar-refractivity contribution >= 4 is 16.8 Å². The lowest BCUT2D eigenvalue weighted by Gasteiger charge is -2.08. The third-order valence-electron chi connectivity index (χ3n) is 5.04. The molecule has 1 amide bonds. The molecule has 2 heterocycles. The molecule has 4 nitrogen and oxygen atoms in total. The number of hydrogen-bond donors (Lipinski definition) is 2. The number of H-pyrrole nitrogens is 1. The molecule has 2 aromatic carbocycles. The van der Waals surface area contributed by atoms with Gasteiger partial charge in [0, 0.05) is 29.6 Å². The largest absolute Gasteiger partial charge is 0.493 e. The molecule has 134 valence electrons. The minimum atomic E-state index is -0.246. The Labute approximate surface area is 151 Å². The maximum atomic E-state index is 14.0. The molecule has 1 aliphatic rings. The first-order valence-electron chi connectivity index (χ1n) is 8.85. The van der Waals surface area contributed by atoms with Gasteiger partial charge in [0.05, 0.1) is 12.1 Å². The van der Waals surface area contributed by atoms with Crippen LogP contribution >= 0.6 is 0 Å². The zero-order chi connectivity index (χ0) is 18.3. The van der Waals surface area contributed by atoms with Crippen LogP contribution in [0.5, 0.6) is 5.75 Å². The van der Waals surface area contributed by atoms with Crippen molar-refractivity contribution < 1.29 is 13.9 Å². The molecule has 2 N–H and O–H groups in total. The van der Waals surface area contributed by atoms with Gasteiger partial charge >= 0.3 is 0 Å². The van der Waals surface area contributed by atoms with Gasteiger partial charge in [-0.25, -0.2) is 4.39 Å². The lowest BCUT2D eigenvalue weighted by molar-refractivity contribution is 0.0954. The van der Waals surface area contributed by atoms with Crippen molar-refractivity contribution in [3.63, 3.8) is 0 Å². The van der Waals surface area contributed by atoms with Crippen molar-refractivity contribution in [3.05, 3.63) is 64.1 Å². The van der Waals surface area contributed by atoms with Gasteiger partial charge in [-0.05, 0) is 61.2 Å². The molecule has 0 radical (unpaired) electrons. The quantitative estimate of drug-likeness (QED) is 0.750. The minimum absolute atomic E-state index is 0.0971. The number of aryl methyl sites for hydroxylation is 2. The highest BCUT2D eigenvalue weighted by molar-refractivity contribution is 5.94. The first kappa shape index (κ1) is 16.6. The summed E-state index contributed by atoms with van der Waals surface area (Å²) in [6.45, 7) is 5.09. The molecule has 0 fully saturated rings. The van der Waals surface area contributed by atoms with Crippen molar-refractivity contribution in [2.75, 3.05) is 13.2 Å². The first-order valence-corrected chi connectivity index (χ1v) is 8.85. The van der Waals surface area contributed by atoms with Crippen LogP contribution in [0, 0.1) is 19.7 Å². The molecule has 1 aromatic heterocycles. The average molecular weight is 352 g/mol. The fourth-order valence-corrected chi connectivity index (χ4v) is 3.69. The van der Waals surface area contributed by atoms with E-state index < -0.39 is 0 Å². The van der Waals surface area contributed by atoms with E-state index in [9.17, 15) is 9.18 Å². The molecule has 4 rings (SSSR count). The maximum Gasteiger partial charge on any atom is 0.251 e. The van der Waals surface area contributed by atoms with E-state index in [4.69, 9.17) is 4.74 Å². The average Bonchev–Trinajstić information content (AvgIpc) is 3.22. The topological polar surface area (TPSA) is 54.1 Å². The van der Waals surface area contributed by atoms with E-state index in [-0.39, 0.29) is 11.7 Å². The van der Waals surface area contributed by atoms with Crippen LogP contribution in [0.1, 0.15) is 32.7 Å². The molecule has 1 aliphatic heterocycles. The first-order chi connectivity index (χ1) is 12.5. The van der Waals surface area contributed by atoms with Gasteiger partial charge in [-0.15, -0.1) is 0 Å². The number of aromatic nitrogens is 1. The molecule has 26 heavy (non-hydrogen) atoms. The SMILES string of the molecule is Cc1[nH]c2c(F)ccc(C)c2c1CCNC(=O)c1ccc2c(c1)CCO2. The lowest BCUT2D eigenvalue weighted by Crippen LogP contribution is -2.25. The van der Waals surface area contributed by atoms with Crippen LogP contribution in [0.25, 0.3) is 10.9 Å². The number of amides is 1. The van der Waals surface area contributed by atoms with Gasteiger partial charge in [0.2, 0.25) is 0 Å². The van der Waals surface area contributed by atoms with Crippen LogP contribution in [-0.2, 0) is 12.8 Å². The second kappa shape index (κ2) is 6.48. The second-order valence-electron chi connectivity index (χ2n) is 6.77. The highest BCUT2D eigenvalue weighted by atomic mass is 19.1. The second-order valence-corrected chi connectivity index (χ2v) is 6.77. The molecular formula is C21H21FN2O2. The number of carbonyl (C=O) groups is 1. The Morgan fingerprint density at radius 3 is 2.96 bits per heavy atom. The predicted octanol–water partition coefficient (Wildman–Crippen LogP) is 3.83. The van der Waals surface area contributed by atoms with Crippen LogP contribution < -0.4 is 10.1 Å². The van der Waals surface area contributed by atoms with Gasteiger partial charge in [0.1, 0.15) is 11.6 Å². The summed E-state index contributed by atoms with van der Waals surface area (Å²) in [5.41, 5.74) is 5.30. The summed E-state index contributed by atoms with van der Waals surface area (Å²) in [7, 11) is 0. The van der Waals surface area contributed by atoms with E-state index >= 15 is 0 Å². The number of aromatic amines is 1. The Kier molecular flexibility index (Phi) is 4.15. The van der Waals surface area contributed by atoms with Gasteiger partial charge < -0.3 is 15.0 Å². The highest BCUT2D eigenvalue weighted by Gasteiger charge is 2.16. The number of ether oxygens (including phenoxy) is 1. The van der Waals surface area contributed by atoms with Gasteiger partial charge in [-0.3, -0.25) is 4.79 Å². The van der Waals surface area contributed by atoms with Crippen LogP contribution in [0.3, 0.4) is 0 Å². The normalized spacial score (nSPS) is 12.9. The number of hydrogen-bond acceptors (Lipinski definition) is 2. The molecular weight excluding hydrogens is 331 g/mol. The summed E-state index contributed by atoms with van der Waals surface area (Å²) in [5, 5.41) is 3.89. The Hall–Kier alpha value is -2.82. The van der Waals surface area contributed by atoms with E-state index in [2.05, 4.69) is 10.3 Å². The zero-order valence-corrected chi connectivity index (χ0v) is 14.9. The summed E-state index contributed by atoms with van der Waals surface area (Å²) in [6.07, 6.45) is 1.49.